The summed E-state index contributed by atoms with van der Waals surface area (Å²) >= 11 is 0. The molecule has 1 fully saturated rings. The first-order chi connectivity index (χ1) is 6.27. The van der Waals surface area contributed by atoms with Gasteiger partial charge in [0.05, 0.1) is 12.5 Å². The van der Waals surface area contributed by atoms with Crippen molar-refractivity contribution in [1.82, 2.24) is 4.98 Å². The van der Waals surface area contributed by atoms with Crippen molar-refractivity contribution >= 4 is 5.97 Å². The lowest BCUT2D eigenvalue weighted by Gasteiger charge is -1.98. The summed E-state index contributed by atoms with van der Waals surface area (Å²) in [5, 5.41) is 8.59. The number of hydrogen-bond donors (Lipinski definition) is 1. The predicted octanol–water partition coefficient (Wildman–Crippen LogP) is 0.877. The molecular formula is C8H9NO4. The third-order valence-electron chi connectivity index (χ3n) is 2.02. The first-order valence-electron chi connectivity index (χ1n) is 4.04. The highest BCUT2D eigenvalue weighted by Gasteiger charge is 2.23. The molecule has 1 atom stereocenters. The lowest BCUT2D eigenvalue weighted by Crippen LogP contribution is -2.00. The van der Waals surface area contributed by atoms with Gasteiger partial charge in [-0.1, -0.05) is 0 Å². The minimum atomic E-state index is -1.06. The van der Waals surface area contributed by atoms with E-state index in [1.54, 1.807) is 0 Å². The summed E-state index contributed by atoms with van der Waals surface area (Å²) < 4.78 is 10.2. The molecule has 13 heavy (non-hydrogen) atoms. The highest BCUT2D eigenvalue weighted by molar-refractivity contribution is 5.84. The Morgan fingerprint density at radius 2 is 2.54 bits per heavy atom. The van der Waals surface area contributed by atoms with E-state index in [-0.39, 0.29) is 11.6 Å². The highest BCUT2D eigenvalue weighted by Crippen LogP contribution is 2.24. The second kappa shape index (κ2) is 3.18. The van der Waals surface area contributed by atoms with Crippen LogP contribution in [0.5, 0.6) is 0 Å². The average molecular weight is 183 g/mol. The summed E-state index contributed by atoms with van der Waals surface area (Å²) in [7, 11) is 0. The molecule has 2 heterocycles. The summed E-state index contributed by atoms with van der Waals surface area (Å²) in [5.41, 5.74) is -0.0399. The van der Waals surface area contributed by atoms with E-state index in [9.17, 15) is 4.79 Å². The fraction of sp³-hybridized carbons (Fsp3) is 0.500. The maximum atomic E-state index is 10.5. The van der Waals surface area contributed by atoms with Gasteiger partial charge in [-0.25, -0.2) is 9.78 Å². The Bertz CT molecular complexity index is 314. The normalized spacial score (nSPS) is 22.0. The van der Waals surface area contributed by atoms with Crippen LogP contribution in [-0.2, 0) is 4.74 Å². The standard InChI is InChI=1S/C8H9NO4/c10-8(11)6-4-13-7(9-6)5-1-2-12-3-5/h4-5H,1-3H2,(H,10,11). The number of carbonyl (C=O) groups is 1. The number of aromatic nitrogens is 1. The van der Waals surface area contributed by atoms with Gasteiger partial charge in [-0.2, -0.15) is 0 Å². The number of nitrogens with zero attached hydrogens (tertiary/aromatic N) is 1. The third kappa shape index (κ3) is 1.55. The zero-order valence-electron chi connectivity index (χ0n) is 6.90. The second-order valence-electron chi connectivity index (χ2n) is 2.94. The van der Waals surface area contributed by atoms with Crippen LogP contribution in [0.1, 0.15) is 28.7 Å². The quantitative estimate of drug-likeness (QED) is 0.736. The van der Waals surface area contributed by atoms with Crippen molar-refractivity contribution in [3.63, 3.8) is 0 Å². The smallest absolute Gasteiger partial charge is 0.357 e. The Labute approximate surface area is 74.3 Å². The number of oxazole rings is 1. The number of carboxylic acid groups (broad SMARTS) is 1. The Kier molecular flexibility index (Phi) is 2.02. The van der Waals surface area contributed by atoms with Gasteiger partial charge in [0.15, 0.2) is 11.6 Å². The summed E-state index contributed by atoms with van der Waals surface area (Å²) in [6.07, 6.45) is 2.01. The molecule has 5 heteroatoms. The van der Waals surface area contributed by atoms with Crippen LogP contribution in [0.25, 0.3) is 0 Å². The van der Waals surface area contributed by atoms with Gasteiger partial charge in [-0.05, 0) is 6.42 Å². The fourth-order valence-corrected chi connectivity index (χ4v) is 1.30. The van der Waals surface area contributed by atoms with E-state index in [2.05, 4.69) is 4.98 Å². The molecule has 1 aliphatic heterocycles. The molecule has 70 valence electrons. The summed E-state index contributed by atoms with van der Waals surface area (Å²) in [6.45, 7) is 1.26. The Balaban J connectivity index is 2.16. The molecule has 2 rings (SSSR count). The van der Waals surface area contributed by atoms with Crippen LogP contribution in [0.2, 0.25) is 0 Å². The predicted molar refractivity (Wildman–Crippen MR) is 41.6 cm³/mol. The molecule has 0 spiro atoms. The molecule has 1 aromatic rings. The Morgan fingerprint density at radius 3 is 3.08 bits per heavy atom. The Morgan fingerprint density at radius 1 is 1.69 bits per heavy atom. The van der Waals surface area contributed by atoms with Crippen LogP contribution in [0.4, 0.5) is 0 Å². The number of hydrogen-bond acceptors (Lipinski definition) is 4. The SMILES string of the molecule is O=C(O)c1coc(C2CCOC2)n1. The minimum Gasteiger partial charge on any atom is -0.476 e. The number of rotatable bonds is 2. The second-order valence-corrected chi connectivity index (χ2v) is 2.94. The highest BCUT2D eigenvalue weighted by atomic mass is 16.5. The van der Waals surface area contributed by atoms with Crippen molar-refractivity contribution in [2.75, 3.05) is 13.2 Å². The van der Waals surface area contributed by atoms with Crippen LogP contribution in [0.3, 0.4) is 0 Å². The van der Waals surface area contributed by atoms with Crippen molar-refractivity contribution in [1.29, 1.82) is 0 Å². The maximum Gasteiger partial charge on any atom is 0.357 e. The van der Waals surface area contributed by atoms with Gasteiger partial charge in [0.1, 0.15) is 6.26 Å². The lowest BCUT2D eigenvalue weighted by atomic mass is 10.1. The zero-order valence-corrected chi connectivity index (χ0v) is 6.90. The molecular weight excluding hydrogens is 174 g/mol. The maximum absolute atomic E-state index is 10.5. The third-order valence-corrected chi connectivity index (χ3v) is 2.02. The number of aromatic carboxylic acids is 1. The first kappa shape index (κ1) is 8.25. The summed E-state index contributed by atoms with van der Waals surface area (Å²) in [6, 6.07) is 0. The van der Waals surface area contributed by atoms with E-state index in [4.69, 9.17) is 14.3 Å². The molecule has 0 aromatic carbocycles. The van der Waals surface area contributed by atoms with E-state index >= 15 is 0 Å². The van der Waals surface area contributed by atoms with Crippen LogP contribution in [0.15, 0.2) is 10.7 Å². The van der Waals surface area contributed by atoms with Crippen molar-refractivity contribution in [3.8, 4) is 0 Å². The van der Waals surface area contributed by atoms with Crippen LogP contribution >= 0.6 is 0 Å². The molecule has 1 aromatic heterocycles. The van der Waals surface area contributed by atoms with Gasteiger partial charge < -0.3 is 14.3 Å². The van der Waals surface area contributed by atoms with Crippen molar-refractivity contribution in [2.45, 2.75) is 12.3 Å². The van der Waals surface area contributed by atoms with E-state index in [1.807, 2.05) is 0 Å². The number of carboxylic acids is 1. The van der Waals surface area contributed by atoms with Gasteiger partial charge >= 0.3 is 5.97 Å². The molecule has 1 N–H and O–H groups in total. The van der Waals surface area contributed by atoms with E-state index < -0.39 is 5.97 Å². The van der Waals surface area contributed by atoms with Gasteiger partial charge in [0.2, 0.25) is 0 Å². The Hall–Kier alpha value is -1.36. The lowest BCUT2D eigenvalue weighted by molar-refractivity contribution is 0.0690. The molecule has 0 bridgehead atoms. The van der Waals surface area contributed by atoms with Gasteiger partial charge in [-0.3, -0.25) is 0 Å². The molecule has 0 amide bonds. The fourth-order valence-electron chi connectivity index (χ4n) is 1.30. The average Bonchev–Trinajstić information content (AvgIpc) is 2.75. The summed E-state index contributed by atoms with van der Waals surface area (Å²) in [5.74, 6) is -0.475. The van der Waals surface area contributed by atoms with Crippen LogP contribution in [0, 0.1) is 0 Å². The van der Waals surface area contributed by atoms with Gasteiger partial charge in [-0.15, -0.1) is 0 Å². The molecule has 0 saturated carbocycles. The van der Waals surface area contributed by atoms with Crippen molar-refractivity contribution in [3.05, 3.63) is 17.8 Å². The van der Waals surface area contributed by atoms with Crippen molar-refractivity contribution < 1.29 is 19.1 Å². The van der Waals surface area contributed by atoms with Gasteiger partial charge in [0.25, 0.3) is 0 Å². The molecule has 1 unspecified atom stereocenters. The topological polar surface area (TPSA) is 72.6 Å². The molecule has 0 aliphatic carbocycles. The molecule has 1 saturated heterocycles. The largest absolute Gasteiger partial charge is 0.476 e. The van der Waals surface area contributed by atoms with Gasteiger partial charge in [0, 0.05) is 6.61 Å². The van der Waals surface area contributed by atoms with Crippen molar-refractivity contribution in [2.24, 2.45) is 0 Å². The van der Waals surface area contributed by atoms with E-state index in [1.165, 1.54) is 0 Å². The van der Waals surface area contributed by atoms with E-state index in [0.717, 1.165) is 12.7 Å². The summed E-state index contributed by atoms with van der Waals surface area (Å²) in [4.78, 5) is 14.3. The zero-order chi connectivity index (χ0) is 9.26. The molecule has 1 aliphatic rings. The number of ether oxygens (including phenoxy) is 1. The van der Waals surface area contributed by atoms with Crippen LogP contribution in [-0.4, -0.2) is 29.3 Å². The van der Waals surface area contributed by atoms with E-state index in [0.29, 0.717) is 19.1 Å². The minimum absolute atomic E-state index is 0.0399. The monoisotopic (exact) mass is 183 g/mol. The first-order valence-corrected chi connectivity index (χ1v) is 4.04. The molecule has 5 nitrogen and oxygen atoms in total. The van der Waals surface area contributed by atoms with Crippen LogP contribution < -0.4 is 0 Å². The molecule has 0 radical (unpaired) electrons.